The zero-order valence-electron chi connectivity index (χ0n) is 18.9. The number of fused-ring (bicyclic) bond motifs is 1. The largest absolute Gasteiger partial charge is 0.496 e. The Bertz CT molecular complexity index is 1110. The molecule has 8 heteroatoms. The fourth-order valence-corrected chi connectivity index (χ4v) is 4.21. The molecule has 172 valence electrons. The summed E-state index contributed by atoms with van der Waals surface area (Å²) in [5, 5.41) is 3.36. The highest BCUT2D eigenvalue weighted by atomic mass is 16.6. The van der Waals surface area contributed by atoms with Crippen LogP contribution in [0.5, 0.6) is 17.2 Å². The quantitative estimate of drug-likeness (QED) is 0.609. The van der Waals surface area contributed by atoms with Crippen LogP contribution in [0.15, 0.2) is 48.7 Å². The van der Waals surface area contributed by atoms with Gasteiger partial charge in [0.1, 0.15) is 30.9 Å². The third kappa shape index (κ3) is 5.02. The van der Waals surface area contributed by atoms with E-state index < -0.39 is 0 Å². The number of rotatable bonds is 6. The lowest BCUT2D eigenvalue weighted by Crippen LogP contribution is -2.38. The van der Waals surface area contributed by atoms with Gasteiger partial charge in [-0.2, -0.15) is 0 Å². The van der Waals surface area contributed by atoms with Crippen molar-refractivity contribution in [3.8, 4) is 17.2 Å². The molecule has 0 radical (unpaired) electrons. The summed E-state index contributed by atoms with van der Waals surface area (Å²) in [6, 6.07) is 13.8. The number of hydrogen-bond donors (Lipinski definition) is 1. The first-order chi connectivity index (χ1) is 16.2. The summed E-state index contributed by atoms with van der Waals surface area (Å²) in [5.74, 6) is 3.11. The molecule has 0 amide bonds. The molecule has 0 aliphatic carbocycles. The number of methoxy groups -OCH3 is 1. The Morgan fingerprint density at radius 3 is 2.73 bits per heavy atom. The van der Waals surface area contributed by atoms with E-state index in [-0.39, 0.29) is 6.10 Å². The number of aryl methyl sites for hydroxylation is 1. The molecule has 1 fully saturated rings. The fourth-order valence-electron chi connectivity index (χ4n) is 4.21. The van der Waals surface area contributed by atoms with Gasteiger partial charge in [0, 0.05) is 48.8 Å². The average molecular weight is 449 g/mol. The molecule has 5 rings (SSSR count). The van der Waals surface area contributed by atoms with Crippen LogP contribution in [-0.2, 0) is 11.3 Å². The van der Waals surface area contributed by atoms with Crippen LogP contribution in [0.2, 0.25) is 0 Å². The van der Waals surface area contributed by atoms with Crippen molar-refractivity contribution >= 4 is 11.5 Å². The molecule has 33 heavy (non-hydrogen) atoms. The minimum absolute atomic E-state index is 0.119. The molecule has 0 unspecified atom stereocenters. The number of nitrogens with one attached hydrogen (secondary N) is 1. The van der Waals surface area contributed by atoms with Crippen LogP contribution in [0.25, 0.3) is 0 Å². The molecule has 1 atom stereocenters. The van der Waals surface area contributed by atoms with Crippen molar-refractivity contribution in [3.63, 3.8) is 0 Å². The number of anilines is 2. The molecule has 8 nitrogen and oxygen atoms in total. The molecule has 0 bridgehead atoms. The van der Waals surface area contributed by atoms with E-state index >= 15 is 0 Å². The van der Waals surface area contributed by atoms with Crippen LogP contribution in [0.3, 0.4) is 0 Å². The van der Waals surface area contributed by atoms with Gasteiger partial charge in [-0.05, 0) is 37.3 Å². The second kappa shape index (κ2) is 9.64. The maximum Gasteiger partial charge on any atom is 0.165 e. The number of ether oxygens (including phenoxy) is 4. The van der Waals surface area contributed by atoms with E-state index in [1.165, 1.54) is 0 Å². The highest BCUT2D eigenvalue weighted by Crippen LogP contribution is 2.37. The molecule has 1 N–H and O–H groups in total. The molecule has 1 saturated heterocycles. The molecule has 1 aromatic carbocycles. The van der Waals surface area contributed by atoms with Gasteiger partial charge in [-0.3, -0.25) is 9.88 Å². The summed E-state index contributed by atoms with van der Waals surface area (Å²) in [6.07, 6.45) is 1.65. The monoisotopic (exact) mass is 448 g/mol. The highest BCUT2D eigenvalue weighted by molar-refractivity contribution is 5.57. The van der Waals surface area contributed by atoms with Gasteiger partial charge in [0.15, 0.2) is 11.5 Å². The average Bonchev–Trinajstić information content (AvgIpc) is 2.84. The molecule has 4 heterocycles. The van der Waals surface area contributed by atoms with Gasteiger partial charge >= 0.3 is 0 Å². The Morgan fingerprint density at radius 1 is 1.09 bits per heavy atom. The first-order valence-corrected chi connectivity index (χ1v) is 11.1. The Labute approximate surface area is 193 Å². The smallest absolute Gasteiger partial charge is 0.165 e. The third-order valence-corrected chi connectivity index (χ3v) is 5.73. The number of hydrogen-bond acceptors (Lipinski definition) is 8. The highest BCUT2D eigenvalue weighted by Gasteiger charge is 2.25. The van der Waals surface area contributed by atoms with Crippen molar-refractivity contribution in [2.75, 3.05) is 45.3 Å². The van der Waals surface area contributed by atoms with Gasteiger partial charge in [-0.15, -0.1) is 0 Å². The second-order valence-electron chi connectivity index (χ2n) is 8.16. The molecule has 2 aromatic heterocycles. The predicted octanol–water partition coefficient (Wildman–Crippen LogP) is 3.88. The maximum absolute atomic E-state index is 6.12. The zero-order valence-corrected chi connectivity index (χ0v) is 18.9. The molecular formula is C25H28N4O4. The van der Waals surface area contributed by atoms with E-state index in [0.29, 0.717) is 19.8 Å². The van der Waals surface area contributed by atoms with Gasteiger partial charge in [0.2, 0.25) is 0 Å². The Balaban J connectivity index is 1.32. The topological polar surface area (TPSA) is 78.0 Å². The Kier molecular flexibility index (Phi) is 6.28. The van der Waals surface area contributed by atoms with Gasteiger partial charge in [0.05, 0.1) is 19.4 Å². The summed E-state index contributed by atoms with van der Waals surface area (Å²) >= 11 is 0. The SMILES string of the molecule is COc1cc2c(cc1CN1CCO[C@@H](c3cc(Nc4ccccn4)cc(C)n3)C1)OCCO2. The number of aromatic nitrogens is 2. The van der Waals surface area contributed by atoms with Crippen molar-refractivity contribution in [2.24, 2.45) is 0 Å². The summed E-state index contributed by atoms with van der Waals surface area (Å²) in [4.78, 5) is 11.5. The van der Waals surface area contributed by atoms with Crippen molar-refractivity contribution in [1.29, 1.82) is 0 Å². The normalized spacial score (nSPS) is 18.1. The Morgan fingerprint density at radius 2 is 1.94 bits per heavy atom. The van der Waals surface area contributed by atoms with E-state index in [4.69, 9.17) is 23.9 Å². The minimum atomic E-state index is -0.119. The van der Waals surface area contributed by atoms with Crippen LogP contribution in [-0.4, -0.2) is 54.9 Å². The summed E-state index contributed by atoms with van der Waals surface area (Å²) in [7, 11) is 1.68. The van der Waals surface area contributed by atoms with Gasteiger partial charge < -0.3 is 24.3 Å². The third-order valence-electron chi connectivity index (χ3n) is 5.73. The van der Waals surface area contributed by atoms with E-state index in [0.717, 1.165) is 65.3 Å². The molecule has 2 aliphatic heterocycles. The Hall–Kier alpha value is -3.36. The summed E-state index contributed by atoms with van der Waals surface area (Å²) in [6.45, 7) is 6.04. The van der Waals surface area contributed by atoms with Gasteiger partial charge in [-0.1, -0.05) is 6.07 Å². The molecular weight excluding hydrogens is 420 g/mol. The minimum Gasteiger partial charge on any atom is -0.496 e. The lowest BCUT2D eigenvalue weighted by Gasteiger charge is -2.33. The van der Waals surface area contributed by atoms with Crippen LogP contribution in [0.4, 0.5) is 11.5 Å². The lowest BCUT2D eigenvalue weighted by molar-refractivity contribution is -0.0352. The summed E-state index contributed by atoms with van der Waals surface area (Å²) in [5.41, 5.74) is 3.86. The zero-order chi connectivity index (χ0) is 22.6. The van der Waals surface area contributed by atoms with Crippen LogP contribution >= 0.6 is 0 Å². The predicted molar refractivity (Wildman–Crippen MR) is 124 cm³/mol. The van der Waals surface area contributed by atoms with Crippen molar-refractivity contribution in [1.82, 2.24) is 14.9 Å². The van der Waals surface area contributed by atoms with E-state index in [1.54, 1.807) is 13.3 Å². The van der Waals surface area contributed by atoms with E-state index in [2.05, 4.69) is 15.2 Å². The summed E-state index contributed by atoms with van der Waals surface area (Å²) < 4.78 is 23.2. The fraction of sp³-hybridized carbons (Fsp3) is 0.360. The van der Waals surface area contributed by atoms with E-state index in [9.17, 15) is 0 Å². The van der Waals surface area contributed by atoms with Crippen molar-refractivity contribution in [3.05, 3.63) is 65.6 Å². The van der Waals surface area contributed by atoms with Crippen LogP contribution in [0, 0.1) is 6.92 Å². The number of benzene rings is 1. The number of pyridine rings is 2. The maximum atomic E-state index is 6.12. The van der Waals surface area contributed by atoms with Crippen LogP contribution < -0.4 is 19.5 Å². The first kappa shape index (κ1) is 21.5. The lowest BCUT2D eigenvalue weighted by atomic mass is 10.1. The number of nitrogens with zero attached hydrogens (tertiary/aromatic N) is 3. The molecule has 3 aromatic rings. The van der Waals surface area contributed by atoms with E-state index in [1.807, 2.05) is 49.4 Å². The molecule has 0 spiro atoms. The van der Waals surface area contributed by atoms with Crippen molar-refractivity contribution < 1.29 is 18.9 Å². The van der Waals surface area contributed by atoms with Gasteiger partial charge in [0.25, 0.3) is 0 Å². The molecule has 2 aliphatic rings. The second-order valence-corrected chi connectivity index (χ2v) is 8.16. The first-order valence-electron chi connectivity index (χ1n) is 11.1. The van der Waals surface area contributed by atoms with Gasteiger partial charge in [-0.25, -0.2) is 4.98 Å². The standard InChI is InChI=1S/C25H28N4O4/c1-17-11-19(28-25-5-3-4-6-26-25)13-20(27-17)24-16-29(7-8-31-24)15-18-12-22-23(14-21(18)30-2)33-10-9-32-22/h3-6,11-14,24H,7-10,15-16H2,1-2H3,(H,26,27,28)/t24-/m1/s1. The van der Waals surface area contributed by atoms with Crippen molar-refractivity contribution in [2.45, 2.75) is 19.6 Å². The molecule has 0 saturated carbocycles. The number of morpholine rings is 1. The van der Waals surface area contributed by atoms with Crippen LogP contribution in [0.1, 0.15) is 23.1 Å².